The van der Waals surface area contributed by atoms with E-state index in [9.17, 15) is 0 Å². The maximum Gasteiger partial charge on any atom is 0.120 e. The van der Waals surface area contributed by atoms with Crippen LogP contribution in [-0.4, -0.2) is 34.5 Å². The van der Waals surface area contributed by atoms with Crippen LogP contribution >= 0.6 is 0 Å². The lowest BCUT2D eigenvalue weighted by atomic mass is 10.1. The SMILES string of the molecule is c1ccc(C(CNCc2ncc[nH]2)N2CCCC2)cc1. The number of aromatic amines is 1. The minimum absolute atomic E-state index is 0.466. The molecule has 1 aromatic heterocycles. The Bertz CT molecular complexity index is 488. The first kappa shape index (κ1) is 13.3. The number of benzene rings is 1. The average Bonchev–Trinajstić information content (AvgIpc) is 3.18. The van der Waals surface area contributed by atoms with Gasteiger partial charge in [0.05, 0.1) is 6.54 Å². The Balaban J connectivity index is 1.63. The molecule has 106 valence electrons. The van der Waals surface area contributed by atoms with Gasteiger partial charge in [0.25, 0.3) is 0 Å². The van der Waals surface area contributed by atoms with Gasteiger partial charge in [-0.1, -0.05) is 30.3 Å². The third kappa shape index (κ3) is 3.26. The molecular formula is C16H22N4. The van der Waals surface area contributed by atoms with Gasteiger partial charge in [0.15, 0.2) is 0 Å². The second kappa shape index (κ2) is 6.68. The Morgan fingerprint density at radius 1 is 1.20 bits per heavy atom. The molecule has 1 aliphatic heterocycles. The van der Waals surface area contributed by atoms with Crippen molar-refractivity contribution in [2.75, 3.05) is 19.6 Å². The van der Waals surface area contributed by atoms with E-state index in [1.54, 1.807) is 6.20 Å². The van der Waals surface area contributed by atoms with Gasteiger partial charge in [0, 0.05) is 25.0 Å². The van der Waals surface area contributed by atoms with E-state index in [1.807, 2.05) is 6.20 Å². The third-order valence-electron chi connectivity index (χ3n) is 3.95. The summed E-state index contributed by atoms with van der Waals surface area (Å²) < 4.78 is 0. The van der Waals surface area contributed by atoms with Crippen molar-refractivity contribution in [1.29, 1.82) is 0 Å². The fraction of sp³-hybridized carbons (Fsp3) is 0.438. The molecule has 0 aliphatic carbocycles. The van der Waals surface area contributed by atoms with Crippen molar-refractivity contribution < 1.29 is 0 Å². The molecule has 20 heavy (non-hydrogen) atoms. The average molecular weight is 270 g/mol. The van der Waals surface area contributed by atoms with Crippen LogP contribution in [0.25, 0.3) is 0 Å². The van der Waals surface area contributed by atoms with Gasteiger partial charge in [0.2, 0.25) is 0 Å². The van der Waals surface area contributed by atoms with Crippen LogP contribution in [0, 0.1) is 0 Å². The fourth-order valence-corrected chi connectivity index (χ4v) is 2.91. The molecule has 0 amide bonds. The van der Waals surface area contributed by atoms with E-state index in [1.165, 1.54) is 31.5 Å². The maximum atomic E-state index is 4.25. The summed E-state index contributed by atoms with van der Waals surface area (Å²) in [5.41, 5.74) is 1.40. The lowest BCUT2D eigenvalue weighted by Crippen LogP contribution is -2.34. The molecule has 2 N–H and O–H groups in total. The van der Waals surface area contributed by atoms with Crippen molar-refractivity contribution in [3.05, 3.63) is 54.1 Å². The first-order valence-electron chi connectivity index (χ1n) is 7.41. The second-order valence-electron chi connectivity index (χ2n) is 5.34. The summed E-state index contributed by atoms with van der Waals surface area (Å²) in [5.74, 6) is 0.998. The molecular weight excluding hydrogens is 248 g/mol. The minimum atomic E-state index is 0.466. The van der Waals surface area contributed by atoms with Gasteiger partial charge in [-0.25, -0.2) is 4.98 Å². The van der Waals surface area contributed by atoms with Gasteiger partial charge >= 0.3 is 0 Å². The number of H-pyrrole nitrogens is 1. The van der Waals surface area contributed by atoms with Crippen molar-refractivity contribution in [1.82, 2.24) is 20.2 Å². The van der Waals surface area contributed by atoms with Crippen molar-refractivity contribution in [2.45, 2.75) is 25.4 Å². The van der Waals surface area contributed by atoms with Gasteiger partial charge in [-0.15, -0.1) is 0 Å². The Morgan fingerprint density at radius 2 is 2.00 bits per heavy atom. The number of nitrogens with one attached hydrogen (secondary N) is 2. The number of hydrogen-bond acceptors (Lipinski definition) is 3. The highest BCUT2D eigenvalue weighted by Crippen LogP contribution is 2.24. The van der Waals surface area contributed by atoms with E-state index in [-0.39, 0.29) is 0 Å². The second-order valence-corrected chi connectivity index (χ2v) is 5.34. The van der Waals surface area contributed by atoms with E-state index >= 15 is 0 Å². The van der Waals surface area contributed by atoms with Crippen LogP contribution in [0.3, 0.4) is 0 Å². The first-order chi connectivity index (χ1) is 9.93. The molecule has 0 radical (unpaired) electrons. The van der Waals surface area contributed by atoms with Gasteiger partial charge in [-0.2, -0.15) is 0 Å². The zero-order chi connectivity index (χ0) is 13.6. The number of aromatic nitrogens is 2. The van der Waals surface area contributed by atoms with Crippen molar-refractivity contribution >= 4 is 0 Å². The highest BCUT2D eigenvalue weighted by molar-refractivity contribution is 5.19. The molecule has 1 aliphatic rings. The predicted molar refractivity (Wildman–Crippen MR) is 80.3 cm³/mol. The van der Waals surface area contributed by atoms with Gasteiger partial charge < -0.3 is 10.3 Å². The smallest absolute Gasteiger partial charge is 0.120 e. The van der Waals surface area contributed by atoms with E-state index in [0.717, 1.165) is 18.9 Å². The summed E-state index contributed by atoms with van der Waals surface area (Å²) in [5, 5.41) is 3.53. The molecule has 2 aromatic rings. The number of rotatable bonds is 6. The quantitative estimate of drug-likeness (QED) is 0.847. The molecule has 4 nitrogen and oxygen atoms in total. The molecule has 1 saturated heterocycles. The van der Waals surface area contributed by atoms with E-state index in [2.05, 4.69) is 50.5 Å². The first-order valence-corrected chi connectivity index (χ1v) is 7.41. The Morgan fingerprint density at radius 3 is 2.70 bits per heavy atom. The molecule has 1 fully saturated rings. The van der Waals surface area contributed by atoms with Gasteiger partial charge in [-0.05, 0) is 31.5 Å². The molecule has 1 aromatic carbocycles. The summed E-state index contributed by atoms with van der Waals surface area (Å²) >= 11 is 0. The summed E-state index contributed by atoms with van der Waals surface area (Å²) in [4.78, 5) is 9.97. The topological polar surface area (TPSA) is 44.0 Å². The van der Waals surface area contributed by atoms with Crippen LogP contribution in [-0.2, 0) is 6.54 Å². The molecule has 3 rings (SSSR count). The highest BCUT2D eigenvalue weighted by atomic mass is 15.2. The third-order valence-corrected chi connectivity index (χ3v) is 3.95. The number of nitrogens with zero attached hydrogens (tertiary/aromatic N) is 2. The number of hydrogen-bond donors (Lipinski definition) is 2. The summed E-state index contributed by atoms with van der Waals surface area (Å²) in [6.45, 7) is 4.18. The Kier molecular flexibility index (Phi) is 4.46. The van der Waals surface area contributed by atoms with Crippen LogP contribution in [0.2, 0.25) is 0 Å². The standard InChI is InChI=1S/C16H22N4/c1-2-6-14(7-3-1)15(20-10-4-5-11-20)12-17-13-16-18-8-9-19-16/h1-3,6-9,15,17H,4-5,10-13H2,(H,18,19). The van der Waals surface area contributed by atoms with E-state index in [4.69, 9.17) is 0 Å². The van der Waals surface area contributed by atoms with E-state index in [0.29, 0.717) is 6.04 Å². The Labute approximate surface area is 120 Å². The maximum absolute atomic E-state index is 4.25. The largest absolute Gasteiger partial charge is 0.348 e. The zero-order valence-electron chi connectivity index (χ0n) is 11.8. The lowest BCUT2D eigenvalue weighted by molar-refractivity contribution is 0.238. The molecule has 0 saturated carbocycles. The summed E-state index contributed by atoms with van der Waals surface area (Å²) in [6, 6.07) is 11.3. The van der Waals surface area contributed by atoms with Gasteiger partial charge in [-0.3, -0.25) is 4.90 Å². The van der Waals surface area contributed by atoms with Crippen molar-refractivity contribution in [3.63, 3.8) is 0 Å². The van der Waals surface area contributed by atoms with Crippen LogP contribution in [0.4, 0.5) is 0 Å². The van der Waals surface area contributed by atoms with Crippen LogP contribution in [0.15, 0.2) is 42.7 Å². The molecule has 0 spiro atoms. The zero-order valence-corrected chi connectivity index (χ0v) is 11.8. The number of imidazole rings is 1. The highest BCUT2D eigenvalue weighted by Gasteiger charge is 2.22. The van der Waals surface area contributed by atoms with Gasteiger partial charge in [0.1, 0.15) is 5.82 Å². The summed E-state index contributed by atoms with van der Waals surface area (Å²) in [6.07, 6.45) is 6.31. The molecule has 0 bridgehead atoms. The van der Waals surface area contributed by atoms with E-state index < -0.39 is 0 Å². The molecule has 2 heterocycles. The predicted octanol–water partition coefficient (Wildman–Crippen LogP) is 2.34. The fourth-order valence-electron chi connectivity index (χ4n) is 2.91. The van der Waals surface area contributed by atoms with Crippen molar-refractivity contribution in [2.24, 2.45) is 0 Å². The molecule has 1 atom stereocenters. The minimum Gasteiger partial charge on any atom is -0.348 e. The monoisotopic (exact) mass is 270 g/mol. The van der Waals surface area contributed by atoms with Crippen molar-refractivity contribution in [3.8, 4) is 0 Å². The lowest BCUT2D eigenvalue weighted by Gasteiger charge is -2.28. The Hall–Kier alpha value is -1.65. The molecule has 1 unspecified atom stereocenters. The molecule has 4 heteroatoms. The number of likely N-dealkylation sites (tertiary alicyclic amines) is 1. The summed E-state index contributed by atoms with van der Waals surface area (Å²) in [7, 11) is 0. The van der Waals surface area contributed by atoms with Crippen LogP contribution in [0.5, 0.6) is 0 Å². The normalized spacial score (nSPS) is 17.4. The van der Waals surface area contributed by atoms with Crippen LogP contribution < -0.4 is 5.32 Å². The van der Waals surface area contributed by atoms with Crippen LogP contribution in [0.1, 0.15) is 30.3 Å².